The molecule has 0 spiro atoms. The molecule has 1 unspecified atom stereocenters. The lowest BCUT2D eigenvalue weighted by Crippen LogP contribution is -2.33. The number of hydrogen-bond donors (Lipinski definition) is 0. The van der Waals surface area contributed by atoms with Crippen molar-refractivity contribution in [1.82, 2.24) is 0 Å². The molecule has 0 aromatic heterocycles. The molecule has 0 aromatic rings. The van der Waals surface area contributed by atoms with Crippen molar-refractivity contribution < 1.29 is 9.47 Å². The molecule has 0 aliphatic heterocycles. The van der Waals surface area contributed by atoms with Crippen LogP contribution in [0.5, 0.6) is 0 Å². The van der Waals surface area contributed by atoms with E-state index in [-0.39, 0.29) is 11.5 Å². The Labute approximate surface area is 76.3 Å². The number of hydrogen-bond acceptors (Lipinski definition) is 2. The molecule has 0 amide bonds. The molecule has 74 valence electrons. The highest BCUT2D eigenvalue weighted by Gasteiger charge is 2.24. The van der Waals surface area contributed by atoms with Crippen molar-refractivity contribution >= 4 is 0 Å². The van der Waals surface area contributed by atoms with E-state index in [2.05, 4.69) is 20.8 Å². The Balaban J connectivity index is 3.86. The molecule has 0 bridgehead atoms. The van der Waals surface area contributed by atoms with Crippen molar-refractivity contribution in [2.75, 3.05) is 19.8 Å². The maximum atomic E-state index is 5.58. The summed E-state index contributed by atoms with van der Waals surface area (Å²) in [6, 6.07) is 0. The lowest BCUT2D eigenvalue weighted by molar-refractivity contribution is -0.0629. The van der Waals surface area contributed by atoms with Crippen molar-refractivity contribution in [1.29, 1.82) is 0 Å². The Morgan fingerprint density at radius 2 is 1.67 bits per heavy atom. The zero-order valence-corrected chi connectivity index (χ0v) is 9.02. The largest absolute Gasteiger partial charge is 0.379 e. The van der Waals surface area contributed by atoms with Crippen molar-refractivity contribution in [3.8, 4) is 0 Å². The maximum absolute atomic E-state index is 5.58. The molecule has 12 heavy (non-hydrogen) atoms. The van der Waals surface area contributed by atoms with Crippen LogP contribution in [0.2, 0.25) is 0 Å². The average Bonchev–Trinajstić information content (AvgIpc) is 1.95. The lowest BCUT2D eigenvalue weighted by atomic mass is 9.89. The highest BCUT2D eigenvalue weighted by Crippen LogP contribution is 2.22. The predicted molar refractivity (Wildman–Crippen MR) is 51.4 cm³/mol. The van der Waals surface area contributed by atoms with Crippen LogP contribution in [0.4, 0.5) is 0 Å². The maximum Gasteiger partial charge on any atom is 0.0856 e. The highest BCUT2D eigenvalue weighted by atomic mass is 16.5. The van der Waals surface area contributed by atoms with Crippen molar-refractivity contribution in [3.63, 3.8) is 0 Å². The monoisotopic (exact) mass is 174 g/mol. The summed E-state index contributed by atoms with van der Waals surface area (Å²) < 4.78 is 10.9. The van der Waals surface area contributed by atoms with Crippen LogP contribution in [0.1, 0.15) is 34.6 Å². The van der Waals surface area contributed by atoms with E-state index >= 15 is 0 Å². The fourth-order valence-electron chi connectivity index (χ4n) is 0.974. The van der Waals surface area contributed by atoms with E-state index in [9.17, 15) is 0 Å². The molecular weight excluding hydrogens is 152 g/mol. The summed E-state index contributed by atoms with van der Waals surface area (Å²) in [6.45, 7) is 12.8. The molecule has 0 radical (unpaired) electrons. The zero-order chi connectivity index (χ0) is 9.61. The van der Waals surface area contributed by atoms with Crippen LogP contribution < -0.4 is 0 Å². The van der Waals surface area contributed by atoms with Gasteiger partial charge in [0, 0.05) is 13.2 Å². The van der Waals surface area contributed by atoms with Gasteiger partial charge in [-0.25, -0.2) is 0 Å². The summed E-state index contributed by atoms with van der Waals surface area (Å²) in [4.78, 5) is 0. The second-order valence-corrected chi connectivity index (χ2v) is 3.97. The van der Waals surface area contributed by atoms with E-state index < -0.39 is 0 Å². The van der Waals surface area contributed by atoms with Gasteiger partial charge in [0.15, 0.2) is 0 Å². The van der Waals surface area contributed by atoms with E-state index in [1.165, 1.54) is 0 Å². The van der Waals surface area contributed by atoms with E-state index in [0.29, 0.717) is 6.61 Å². The first kappa shape index (κ1) is 11.9. The third-order valence-electron chi connectivity index (χ3n) is 1.81. The van der Waals surface area contributed by atoms with Crippen LogP contribution in [-0.4, -0.2) is 25.9 Å². The molecule has 1 atom stereocenters. The van der Waals surface area contributed by atoms with Gasteiger partial charge in [0.25, 0.3) is 0 Å². The van der Waals surface area contributed by atoms with E-state index in [4.69, 9.17) is 9.47 Å². The first-order valence-electron chi connectivity index (χ1n) is 4.71. The van der Waals surface area contributed by atoms with Gasteiger partial charge in [-0.1, -0.05) is 20.8 Å². The third-order valence-corrected chi connectivity index (χ3v) is 1.81. The summed E-state index contributed by atoms with van der Waals surface area (Å²) in [5, 5.41) is 0. The smallest absolute Gasteiger partial charge is 0.0856 e. The van der Waals surface area contributed by atoms with Gasteiger partial charge in [0.05, 0.1) is 12.7 Å². The molecule has 0 saturated heterocycles. The Bertz CT molecular complexity index is 105. The Morgan fingerprint density at radius 1 is 1.08 bits per heavy atom. The second-order valence-electron chi connectivity index (χ2n) is 3.97. The summed E-state index contributed by atoms with van der Waals surface area (Å²) in [5.41, 5.74) is 0.172. The molecule has 0 fully saturated rings. The number of rotatable bonds is 5. The quantitative estimate of drug-likeness (QED) is 0.637. The van der Waals surface area contributed by atoms with Gasteiger partial charge in [-0.2, -0.15) is 0 Å². The van der Waals surface area contributed by atoms with Crippen molar-refractivity contribution in [2.24, 2.45) is 5.41 Å². The van der Waals surface area contributed by atoms with Gasteiger partial charge < -0.3 is 9.47 Å². The molecular formula is C10H22O2. The van der Waals surface area contributed by atoms with Crippen LogP contribution in [-0.2, 0) is 9.47 Å². The Hall–Kier alpha value is -0.0800. The average molecular weight is 174 g/mol. The summed E-state index contributed by atoms with van der Waals surface area (Å²) in [6.07, 6.45) is 0.211. The molecule has 2 nitrogen and oxygen atoms in total. The summed E-state index contributed by atoms with van der Waals surface area (Å²) in [7, 11) is 0. The highest BCUT2D eigenvalue weighted by molar-refractivity contribution is 4.73. The van der Waals surface area contributed by atoms with Crippen LogP contribution in [0, 0.1) is 5.41 Å². The molecule has 0 heterocycles. The lowest BCUT2D eigenvalue weighted by Gasteiger charge is -2.29. The summed E-state index contributed by atoms with van der Waals surface area (Å²) >= 11 is 0. The van der Waals surface area contributed by atoms with Gasteiger partial charge in [-0.05, 0) is 19.3 Å². The first-order chi connectivity index (χ1) is 5.52. The second kappa shape index (κ2) is 5.55. The van der Waals surface area contributed by atoms with Crippen LogP contribution in [0.15, 0.2) is 0 Å². The SMILES string of the molecule is CCOCC(OCC)C(C)(C)C. The topological polar surface area (TPSA) is 18.5 Å². The molecule has 0 saturated carbocycles. The minimum atomic E-state index is 0.172. The molecule has 0 aliphatic carbocycles. The molecule has 0 aromatic carbocycles. The van der Waals surface area contributed by atoms with E-state index in [1.54, 1.807) is 0 Å². The van der Waals surface area contributed by atoms with Crippen molar-refractivity contribution in [3.05, 3.63) is 0 Å². The van der Waals surface area contributed by atoms with Gasteiger partial charge in [-0.15, -0.1) is 0 Å². The van der Waals surface area contributed by atoms with Gasteiger partial charge in [0.2, 0.25) is 0 Å². The molecule has 0 N–H and O–H groups in total. The minimum Gasteiger partial charge on any atom is -0.379 e. The van der Waals surface area contributed by atoms with E-state index in [1.807, 2.05) is 13.8 Å². The minimum absolute atomic E-state index is 0.172. The fourth-order valence-corrected chi connectivity index (χ4v) is 0.974. The molecule has 2 heteroatoms. The van der Waals surface area contributed by atoms with E-state index in [0.717, 1.165) is 13.2 Å². The fraction of sp³-hybridized carbons (Fsp3) is 1.00. The van der Waals surface area contributed by atoms with Crippen LogP contribution in [0.25, 0.3) is 0 Å². The predicted octanol–water partition coefficient (Wildman–Crippen LogP) is 2.47. The Kier molecular flexibility index (Phi) is 5.51. The number of ether oxygens (including phenoxy) is 2. The van der Waals surface area contributed by atoms with Crippen molar-refractivity contribution in [2.45, 2.75) is 40.7 Å². The van der Waals surface area contributed by atoms with Gasteiger partial charge >= 0.3 is 0 Å². The summed E-state index contributed by atoms with van der Waals surface area (Å²) in [5.74, 6) is 0. The molecule has 0 aliphatic rings. The zero-order valence-electron chi connectivity index (χ0n) is 9.02. The third kappa shape index (κ3) is 4.73. The Morgan fingerprint density at radius 3 is 2.00 bits per heavy atom. The normalized spacial score (nSPS) is 14.8. The van der Waals surface area contributed by atoms with Crippen LogP contribution in [0.3, 0.4) is 0 Å². The first-order valence-corrected chi connectivity index (χ1v) is 4.71. The van der Waals surface area contributed by atoms with Crippen LogP contribution >= 0.6 is 0 Å². The molecule has 0 rings (SSSR count). The standard InChI is InChI=1S/C10H22O2/c1-6-11-8-9(12-7-2)10(3,4)5/h9H,6-8H2,1-5H3. The van der Waals surface area contributed by atoms with Gasteiger partial charge in [0.1, 0.15) is 0 Å². The van der Waals surface area contributed by atoms with Gasteiger partial charge in [-0.3, -0.25) is 0 Å².